The second-order valence-corrected chi connectivity index (χ2v) is 4.36. The van der Waals surface area contributed by atoms with E-state index in [1.807, 2.05) is 0 Å². The molecule has 3 rings (SSSR count). The van der Waals surface area contributed by atoms with Crippen molar-refractivity contribution in [2.24, 2.45) is 20.4 Å². The van der Waals surface area contributed by atoms with Gasteiger partial charge in [0, 0.05) is 0 Å². The van der Waals surface area contributed by atoms with E-state index in [0.717, 1.165) is 6.42 Å². The van der Waals surface area contributed by atoms with Crippen molar-refractivity contribution >= 4 is 17.7 Å². The molecule has 3 aliphatic heterocycles. The Kier molecular flexibility index (Phi) is 2.93. The first-order valence-corrected chi connectivity index (χ1v) is 6.41. The predicted octanol–water partition coefficient (Wildman–Crippen LogP) is 0.669. The first kappa shape index (κ1) is 11.5. The van der Waals surface area contributed by atoms with Crippen molar-refractivity contribution in [2.45, 2.75) is 13.3 Å². The van der Waals surface area contributed by atoms with Crippen LogP contribution in [-0.4, -0.2) is 57.1 Å². The van der Waals surface area contributed by atoms with Gasteiger partial charge in [0.05, 0.1) is 19.6 Å². The molecule has 0 aromatic rings. The first-order chi connectivity index (χ1) is 8.88. The topological polar surface area (TPSA) is 64.8 Å². The molecule has 0 aromatic heterocycles. The maximum absolute atomic E-state index is 5.66. The van der Waals surface area contributed by atoms with Crippen molar-refractivity contribution in [1.82, 2.24) is 0 Å². The zero-order valence-electron chi connectivity index (χ0n) is 10.5. The third-order valence-corrected chi connectivity index (χ3v) is 3.38. The summed E-state index contributed by atoms with van der Waals surface area (Å²) in [6.45, 7) is 5.92. The van der Waals surface area contributed by atoms with Gasteiger partial charge in [-0.1, -0.05) is 6.92 Å². The van der Waals surface area contributed by atoms with Crippen LogP contribution in [0.5, 0.6) is 0 Å². The molecule has 0 saturated heterocycles. The Bertz CT molecular complexity index is 368. The third-order valence-electron chi connectivity index (χ3n) is 3.38. The Hall–Kier alpha value is -1.59. The van der Waals surface area contributed by atoms with Crippen molar-refractivity contribution in [3.05, 3.63) is 0 Å². The summed E-state index contributed by atoms with van der Waals surface area (Å²) in [6, 6.07) is 0. The summed E-state index contributed by atoms with van der Waals surface area (Å²) in [5.74, 6) is 1.93. The minimum atomic E-state index is -0.635. The smallest absolute Gasteiger partial charge is 0.209 e. The van der Waals surface area contributed by atoms with Crippen LogP contribution in [0.15, 0.2) is 15.0 Å². The summed E-state index contributed by atoms with van der Waals surface area (Å²) in [7, 11) is 0. The molecule has 98 valence electrons. The number of ether oxygens (including phenoxy) is 3. The van der Waals surface area contributed by atoms with Crippen LogP contribution >= 0.6 is 0 Å². The van der Waals surface area contributed by atoms with E-state index in [1.54, 1.807) is 0 Å². The molecule has 0 unspecified atom stereocenters. The van der Waals surface area contributed by atoms with Gasteiger partial charge in [0.2, 0.25) is 17.7 Å². The maximum Gasteiger partial charge on any atom is 0.209 e. The monoisotopic (exact) mass is 251 g/mol. The van der Waals surface area contributed by atoms with Crippen LogP contribution in [0.1, 0.15) is 13.3 Å². The maximum atomic E-state index is 5.66. The zero-order valence-corrected chi connectivity index (χ0v) is 10.5. The van der Waals surface area contributed by atoms with Crippen LogP contribution in [0.3, 0.4) is 0 Å². The van der Waals surface area contributed by atoms with Gasteiger partial charge in [-0.15, -0.1) is 0 Å². The van der Waals surface area contributed by atoms with Crippen LogP contribution in [0.25, 0.3) is 0 Å². The summed E-state index contributed by atoms with van der Waals surface area (Å²) in [5.41, 5.74) is -0.635. The minimum Gasteiger partial charge on any atom is -0.478 e. The lowest BCUT2D eigenvalue weighted by Gasteiger charge is -2.29. The minimum absolute atomic E-state index is 0.609. The largest absolute Gasteiger partial charge is 0.478 e. The fourth-order valence-corrected chi connectivity index (χ4v) is 2.51. The molecular weight excluding hydrogens is 234 g/mol. The highest BCUT2D eigenvalue weighted by atomic mass is 16.5. The SMILES string of the molecule is CCC(C1=NCCO1)(C1=NCCO1)C1=NCCO1. The van der Waals surface area contributed by atoms with Crippen LogP contribution < -0.4 is 0 Å². The molecule has 0 saturated carbocycles. The van der Waals surface area contributed by atoms with E-state index in [2.05, 4.69) is 21.9 Å². The molecule has 0 spiro atoms. The Morgan fingerprint density at radius 2 is 1.22 bits per heavy atom. The van der Waals surface area contributed by atoms with E-state index in [4.69, 9.17) is 14.2 Å². The van der Waals surface area contributed by atoms with Crippen LogP contribution in [0.2, 0.25) is 0 Å². The Morgan fingerprint density at radius 3 is 1.44 bits per heavy atom. The average molecular weight is 251 g/mol. The lowest BCUT2D eigenvalue weighted by Crippen LogP contribution is -2.46. The quantitative estimate of drug-likeness (QED) is 0.737. The van der Waals surface area contributed by atoms with Crippen molar-refractivity contribution in [1.29, 1.82) is 0 Å². The molecule has 3 aliphatic rings. The fraction of sp³-hybridized carbons (Fsp3) is 0.750. The average Bonchev–Trinajstić information content (AvgIpc) is 3.16. The van der Waals surface area contributed by atoms with Gasteiger partial charge >= 0.3 is 0 Å². The highest BCUT2D eigenvalue weighted by Crippen LogP contribution is 2.34. The van der Waals surface area contributed by atoms with Gasteiger partial charge in [-0.3, -0.25) is 15.0 Å². The number of rotatable bonds is 4. The van der Waals surface area contributed by atoms with E-state index >= 15 is 0 Å². The molecule has 6 nitrogen and oxygen atoms in total. The van der Waals surface area contributed by atoms with Crippen molar-refractivity contribution in [2.75, 3.05) is 39.5 Å². The van der Waals surface area contributed by atoms with E-state index < -0.39 is 5.41 Å². The van der Waals surface area contributed by atoms with Crippen molar-refractivity contribution in [3.8, 4) is 0 Å². The molecule has 3 heterocycles. The van der Waals surface area contributed by atoms with Gasteiger partial charge in [-0.2, -0.15) is 0 Å². The Balaban J connectivity index is 2.04. The zero-order chi connectivity index (χ0) is 12.4. The lowest BCUT2D eigenvalue weighted by molar-refractivity contribution is 0.261. The second kappa shape index (κ2) is 4.59. The fourth-order valence-electron chi connectivity index (χ4n) is 2.51. The molecule has 0 aromatic carbocycles. The molecule has 0 N–H and O–H groups in total. The molecule has 0 fully saturated rings. The molecule has 0 bridgehead atoms. The summed E-state index contributed by atoms with van der Waals surface area (Å²) >= 11 is 0. The highest BCUT2D eigenvalue weighted by molar-refractivity contribution is 6.23. The van der Waals surface area contributed by atoms with Gasteiger partial charge in [0.1, 0.15) is 19.8 Å². The number of hydrogen-bond donors (Lipinski definition) is 0. The number of aliphatic imine (C=N–C) groups is 3. The standard InChI is InChI=1S/C12H17N3O3/c1-2-12(9-13-3-6-16-9,10-14-4-7-17-10)11-15-5-8-18-11/h2-8H2,1H3. The summed E-state index contributed by atoms with van der Waals surface area (Å²) in [6.07, 6.45) is 0.726. The van der Waals surface area contributed by atoms with E-state index in [0.29, 0.717) is 57.1 Å². The van der Waals surface area contributed by atoms with Gasteiger partial charge in [-0.05, 0) is 6.42 Å². The lowest BCUT2D eigenvalue weighted by atomic mass is 9.83. The Morgan fingerprint density at radius 1 is 0.833 bits per heavy atom. The predicted molar refractivity (Wildman–Crippen MR) is 67.5 cm³/mol. The summed E-state index contributed by atoms with van der Waals surface area (Å²) in [4.78, 5) is 13.3. The van der Waals surface area contributed by atoms with Crippen molar-refractivity contribution < 1.29 is 14.2 Å². The van der Waals surface area contributed by atoms with Crippen LogP contribution in [0.4, 0.5) is 0 Å². The van der Waals surface area contributed by atoms with Gasteiger partial charge in [-0.25, -0.2) is 0 Å². The molecule has 0 amide bonds. The Labute approximate surface area is 106 Å². The molecule has 0 aliphatic carbocycles. The van der Waals surface area contributed by atoms with Crippen LogP contribution in [-0.2, 0) is 14.2 Å². The molecule has 6 heteroatoms. The van der Waals surface area contributed by atoms with E-state index in [-0.39, 0.29) is 0 Å². The summed E-state index contributed by atoms with van der Waals surface area (Å²) < 4.78 is 17.0. The highest BCUT2D eigenvalue weighted by Gasteiger charge is 2.52. The third kappa shape index (κ3) is 1.59. The second-order valence-electron chi connectivity index (χ2n) is 4.36. The molecule has 0 atom stereocenters. The molecule has 0 radical (unpaired) electrons. The van der Waals surface area contributed by atoms with Gasteiger partial charge < -0.3 is 14.2 Å². The van der Waals surface area contributed by atoms with Gasteiger partial charge in [0.15, 0.2) is 5.41 Å². The van der Waals surface area contributed by atoms with Gasteiger partial charge in [0.25, 0.3) is 0 Å². The van der Waals surface area contributed by atoms with Crippen LogP contribution in [0, 0.1) is 5.41 Å². The number of hydrogen-bond acceptors (Lipinski definition) is 6. The van der Waals surface area contributed by atoms with Crippen molar-refractivity contribution in [3.63, 3.8) is 0 Å². The number of nitrogens with zero attached hydrogens (tertiary/aromatic N) is 3. The molecular formula is C12H17N3O3. The first-order valence-electron chi connectivity index (χ1n) is 6.41. The van der Waals surface area contributed by atoms with E-state index in [9.17, 15) is 0 Å². The van der Waals surface area contributed by atoms with E-state index in [1.165, 1.54) is 0 Å². The normalized spacial score (nSPS) is 22.8. The molecule has 18 heavy (non-hydrogen) atoms. The summed E-state index contributed by atoms with van der Waals surface area (Å²) in [5, 5.41) is 0.